The molecule has 1 aromatic heterocycles. The molecule has 0 saturated heterocycles. The number of likely N-dealkylation sites (N-methyl/N-ethyl adjacent to an activating group) is 1. The molecule has 1 atom stereocenters. The zero-order chi connectivity index (χ0) is 18.1. The minimum Gasteiger partial charge on any atom is -0.497 e. The number of unbranched alkanes of at least 4 members (excludes halogenated alkanes) is 1. The van der Waals surface area contributed by atoms with Gasteiger partial charge in [0.2, 0.25) is 5.91 Å². The number of hydrogen-bond acceptors (Lipinski definition) is 4. The number of ether oxygens (including phenoxy) is 1. The van der Waals surface area contributed by atoms with Crippen molar-refractivity contribution in [2.75, 3.05) is 27.7 Å². The number of rotatable bonds is 10. The molecule has 1 heterocycles. The van der Waals surface area contributed by atoms with Gasteiger partial charge in [0.05, 0.1) is 19.4 Å². The molecular formula is C20H28N2O3. The number of aryl methyl sites for hydroxylation is 1. The fourth-order valence-corrected chi connectivity index (χ4v) is 2.72. The molecule has 0 aliphatic rings. The molecule has 1 aromatic carbocycles. The smallest absolute Gasteiger partial charge is 0.220 e. The van der Waals surface area contributed by atoms with E-state index in [4.69, 9.17) is 9.15 Å². The molecule has 2 aromatic rings. The summed E-state index contributed by atoms with van der Waals surface area (Å²) in [5.41, 5.74) is 1.27. The van der Waals surface area contributed by atoms with E-state index in [2.05, 4.69) is 17.4 Å². The average molecular weight is 344 g/mol. The number of hydrogen-bond donors (Lipinski definition) is 1. The van der Waals surface area contributed by atoms with Crippen LogP contribution < -0.4 is 10.1 Å². The lowest BCUT2D eigenvalue weighted by atomic mass is 10.1. The number of amides is 1. The molecular weight excluding hydrogens is 316 g/mol. The molecule has 5 nitrogen and oxygen atoms in total. The standard InChI is InChI=1S/C20H28N2O3/c1-22(2)18(19-8-6-14-25-19)15-21-20(23)9-5-4-7-16-10-12-17(24-3)13-11-16/h6,8,10-14,18H,4-5,7,9,15H2,1-3H3,(H,21,23). The lowest BCUT2D eigenvalue weighted by Gasteiger charge is -2.22. The molecule has 2 rings (SSSR count). The van der Waals surface area contributed by atoms with Crippen LogP contribution in [0.15, 0.2) is 47.1 Å². The molecule has 136 valence electrons. The van der Waals surface area contributed by atoms with Crippen LogP contribution in [0.1, 0.15) is 36.6 Å². The number of methoxy groups -OCH3 is 1. The molecule has 5 heteroatoms. The van der Waals surface area contributed by atoms with Crippen molar-refractivity contribution >= 4 is 5.91 Å². The van der Waals surface area contributed by atoms with Crippen LogP contribution in [-0.2, 0) is 11.2 Å². The Balaban J connectivity index is 1.66. The zero-order valence-electron chi connectivity index (χ0n) is 15.3. The molecule has 0 aliphatic heterocycles. The summed E-state index contributed by atoms with van der Waals surface area (Å²) < 4.78 is 10.6. The van der Waals surface area contributed by atoms with Gasteiger partial charge in [0.25, 0.3) is 0 Å². The van der Waals surface area contributed by atoms with Gasteiger partial charge in [-0.3, -0.25) is 9.69 Å². The van der Waals surface area contributed by atoms with Crippen molar-refractivity contribution in [2.45, 2.75) is 31.7 Å². The van der Waals surface area contributed by atoms with E-state index in [0.29, 0.717) is 13.0 Å². The van der Waals surface area contributed by atoms with Crippen molar-refractivity contribution in [3.63, 3.8) is 0 Å². The second kappa shape index (κ2) is 9.89. The van der Waals surface area contributed by atoms with Gasteiger partial charge in [-0.1, -0.05) is 12.1 Å². The molecule has 0 aliphatic carbocycles. The first-order valence-corrected chi connectivity index (χ1v) is 8.69. The Bertz CT molecular complexity index is 621. The van der Waals surface area contributed by atoms with E-state index in [-0.39, 0.29) is 11.9 Å². The van der Waals surface area contributed by atoms with Crippen molar-refractivity contribution in [3.8, 4) is 5.75 Å². The Kier molecular flexibility index (Phi) is 7.54. The van der Waals surface area contributed by atoms with Crippen molar-refractivity contribution in [3.05, 3.63) is 54.0 Å². The van der Waals surface area contributed by atoms with Crippen LogP contribution >= 0.6 is 0 Å². The van der Waals surface area contributed by atoms with Crippen LogP contribution in [0.3, 0.4) is 0 Å². The van der Waals surface area contributed by atoms with E-state index in [1.807, 2.05) is 43.3 Å². The third kappa shape index (κ3) is 6.27. The number of benzene rings is 1. The van der Waals surface area contributed by atoms with E-state index in [1.165, 1.54) is 5.56 Å². The molecule has 0 fully saturated rings. The van der Waals surface area contributed by atoms with Crippen molar-refractivity contribution in [1.82, 2.24) is 10.2 Å². The quantitative estimate of drug-likeness (QED) is 0.671. The molecule has 1 amide bonds. The predicted octanol–water partition coefficient (Wildman–Crippen LogP) is 3.42. The third-order valence-electron chi connectivity index (χ3n) is 4.27. The highest BCUT2D eigenvalue weighted by Gasteiger charge is 2.17. The van der Waals surface area contributed by atoms with Crippen LogP contribution in [0.5, 0.6) is 5.75 Å². The monoisotopic (exact) mass is 344 g/mol. The molecule has 0 saturated carbocycles. The van der Waals surface area contributed by atoms with E-state index in [0.717, 1.165) is 30.8 Å². The van der Waals surface area contributed by atoms with Gasteiger partial charge < -0.3 is 14.5 Å². The molecule has 0 spiro atoms. The number of nitrogens with one attached hydrogen (secondary N) is 1. The summed E-state index contributed by atoms with van der Waals surface area (Å²) >= 11 is 0. The molecule has 0 radical (unpaired) electrons. The minimum atomic E-state index is 0.0539. The first-order chi connectivity index (χ1) is 12.1. The Labute approximate surface area is 150 Å². The fourth-order valence-electron chi connectivity index (χ4n) is 2.72. The first-order valence-electron chi connectivity index (χ1n) is 8.69. The third-order valence-corrected chi connectivity index (χ3v) is 4.27. The summed E-state index contributed by atoms with van der Waals surface area (Å²) in [6.07, 6.45) is 5.06. The summed E-state index contributed by atoms with van der Waals surface area (Å²) in [7, 11) is 5.63. The summed E-state index contributed by atoms with van der Waals surface area (Å²) in [5.74, 6) is 1.83. The van der Waals surface area contributed by atoms with Crippen LogP contribution in [-0.4, -0.2) is 38.6 Å². The maximum Gasteiger partial charge on any atom is 0.220 e. The Hall–Kier alpha value is -2.27. The predicted molar refractivity (Wildman–Crippen MR) is 98.7 cm³/mol. The van der Waals surface area contributed by atoms with Gasteiger partial charge in [-0.05, 0) is 63.2 Å². The van der Waals surface area contributed by atoms with Gasteiger partial charge in [-0.25, -0.2) is 0 Å². The number of carbonyl (C=O) groups is 1. The lowest BCUT2D eigenvalue weighted by molar-refractivity contribution is -0.121. The molecule has 25 heavy (non-hydrogen) atoms. The lowest BCUT2D eigenvalue weighted by Crippen LogP contribution is -2.34. The van der Waals surface area contributed by atoms with Gasteiger partial charge >= 0.3 is 0 Å². The van der Waals surface area contributed by atoms with Gasteiger partial charge in [-0.15, -0.1) is 0 Å². The largest absolute Gasteiger partial charge is 0.497 e. The number of furan rings is 1. The summed E-state index contributed by atoms with van der Waals surface area (Å²) in [4.78, 5) is 14.1. The summed E-state index contributed by atoms with van der Waals surface area (Å²) in [5, 5.41) is 3.01. The number of nitrogens with zero attached hydrogens (tertiary/aromatic N) is 1. The first kappa shape index (κ1) is 19.1. The molecule has 0 bridgehead atoms. The number of carbonyl (C=O) groups excluding carboxylic acids is 1. The normalized spacial score (nSPS) is 12.2. The van der Waals surface area contributed by atoms with E-state index < -0.39 is 0 Å². The van der Waals surface area contributed by atoms with Crippen LogP contribution in [0.4, 0.5) is 0 Å². The maximum atomic E-state index is 12.1. The average Bonchev–Trinajstić information content (AvgIpc) is 3.13. The summed E-state index contributed by atoms with van der Waals surface area (Å²) in [6.45, 7) is 0.553. The molecule has 1 unspecified atom stereocenters. The Morgan fingerprint density at radius 2 is 1.96 bits per heavy atom. The highest BCUT2D eigenvalue weighted by molar-refractivity contribution is 5.75. The summed E-state index contributed by atoms with van der Waals surface area (Å²) in [6, 6.07) is 11.9. The van der Waals surface area contributed by atoms with E-state index in [1.54, 1.807) is 13.4 Å². The zero-order valence-corrected chi connectivity index (χ0v) is 15.3. The Morgan fingerprint density at radius 3 is 2.56 bits per heavy atom. The van der Waals surface area contributed by atoms with Gasteiger partial charge in [0.1, 0.15) is 11.5 Å². The van der Waals surface area contributed by atoms with E-state index >= 15 is 0 Å². The molecule has 1 N–H and O–H groups in total. The Morgan fingerprint density at radius 1 is 1.20 bits per heavy atom. The minimum absolute atomic E-state index is 0.0539. The maximum absolute atomic E-state index is 12.1. The van der Waals surface area contributed by atoms with Crippen molar-refractivity contribution in [1.29, 1.82) is 0 Å². The second-order valence-corrected chi connectivity index (χ2v) is 6.35. The second-order valence-electron chi connectivity index (χ2n) is 6.35. The van der Waals surface area contributed by atoms with Gasteiger partial charge in [0, 0.05) is 13.0 Å². The van der Waals surface area contributed by atoms with Crippen molar-refractivity contribution < 1.29 is 13.9 Å². The van der Waals surface area contributed by atoms with Crippen LogP contribution in [0.25, 0.3) is 0 Å². The van der Waals surface area contributed by atoms with E-state index in [9.17, 15) is 4.79 Å². The highest BCUT2D eigenvalue weighted by atomic mass is 16.5. The highest BCUT2D eigenvalue weighted by Crippen LogP contribution is 2.17. The van der Waals surface area contributed by atoms with Crippen LogP contribution in [0.2, 0.25) is 0 Å². The van der Waals surface area contributed by atoms with Crippen LogP contribution in [0, 0.1) is 0 Å². The topological polar surface area (TPSA) is 54.7 Å². The van der Waals surface area contributed by atoms with Gasteiger partial charge in [0.15, 0.2) is 0 Å². The SMILES string of the molecule is COc1ccc(CCCCC(=O)NCC(c2ccco2)N(C)C)cc1. The van der Waals surface area contributed by atoms with Gasteiger partial charge in [-0.2, -0.15) is 0 Å². The van der Waals surface area contributed by atoms with Crippen molar-refractivity contribution in [2.24, 2.45) is 0 Å². The fraction of sp³-hybridized carbons (Fsp3) is 0.450.